The predicted molar refractivity (Wildman–Crippen MR) is 72.6 cm³/mol. The second kappa shape index (κ2) is 7.11. The summed E-state index contributed by atoms with van der Waals surface area (Å²) in [4.78, 5) is 0. The number of hydrogen-bond donors (Lipinski definition) is 1. The van der Waals surface area contributed by atoms with Crippen LogP contribution in [0, 0.1) is 11.8 Å². The molecule has 1 rings (SSSR count). The Bertz CT molecular complexity index is 213. The molecule has 0 bridgehead atoms. The van der Waals surface area contributed by atoms with Gasteiger partial charge in [0.1, 0.15) is 0 Å². The summed E-state index contributed by atoms with van der Waals surface area (Å²) in [7, 11) is 0. The van der Waals surface area contributed by atoms with Crippen LogP contribution in [-0.4, -0.2) is 12.6 Å². The summed E-state index contributed by atoms with van der Waals surface area (Å²) >= 11 is 0. The van der Waals surface area contributed by atoms with Crippen LogP contribution in [0.5, 0.6) is 0 Å². The van der Waals surface area contributed by atoms with Gasteiger partial charge in [0.05, 0.1) is 0 Å². The van der Waals surface area contributed by atoms with Gasteiger partial charge in [0.15, 0.2) is 0 Å². The van der Waals surface area contributed by atoms with Crippen LogP contribution in [-0.2, 0) is 0 Å². The van der Waals surface area contributed by atoms with E-state index >= 15 is 0 Å². The topological polar surface area (TPSA) is 12.0 Å². The van der Waals surface area contributed by atoms with Crippen molar-refractivity contribution in [2.24, 2.45) is 11.8 Å². The monoisotopic (exact) mass is 223 g/mol. The van der Waals surface area contributed by atoms with Crippen molar-refractivity contribution in [2.45, 2.75) is 65.8 Å². The molecule has 94 valence electrons. The molecule has 0 heterocycles. The quantitative estimate of drug-likeness (QED) is 0.481. The van der Waals surface area contributed by atoms with Crippen LogP contribution in [0.15, 0.2) is 11.6 Å². The molecule has 1 aliphatic rings. The number of nitrogens with one attached hydrogen (secondary N) is 1. The van der Waals surface area contributed by atoms with E-state index in [0.29, 0.717) is 6.04 Å². The predicted octanol–water partition coefficient (Wildman–Crippen LogP) is 4.15. The van der Waals surface area contributed by atoms with Crippen LogP contribution >= 0.6 is 0 Å². The highest BCUT2D eigenvalue weighted by Gasteiger charge is 2.31. The van der Waals surface area contributed by atoms with E-state index in [2.05, 4.69) is 39.1 Å². The van der Waals surface area contributed by atoms with Crippen LogP contribution in [0.1, 0.15) is 59.8 Å². The van der Waals surface area contributed by atoms with Crippen LogP contribution < -0.4 is 5.32 Å². The van der Waals surface area contributed by atoms with Crippen molar-refractivity contribution in [1.29, 1.82) is 0 Å². The maximum absolute atomic E-state index is 3.74. The summed E-state index contributed by atoms with van der Waals surface area (Å²) in [5.41, 5.74) is 1.58. The summed E-state index contributed by atoms with van der Waals surface area (Å²) in [6.07, 6.45) is 9.20. The smallest absolute Gasteiger partial charge is 0.0305 e. The number of hydrogen-bond acceptors (Lipinski definition) is 1. The van der Waals surface area contributed by atoms with E-state index in [1.54, 1.807) is 5.57 Å². The van der Waals surface area contributed by atoms with Crippen molar-refractivity contribution in [1.82, 2.24) is 5.32 Å². The van der Waals surface area contributed by atoms with Gasteiger partial charge < -0.3 is 5.32 Å². The van der Waals surface area contributed by atoms with E-state index in [-0.39, 0.29) is 0 Å². The second-order valence-corrected chi connectivity index (χ2v) is 5.71. The fraction of sp³-hybridized carbons (Fsp3) is 0.867. The van der Waals surface area contributed by atoms with E-state index in [0.717, 1.165) is 18.4 Å². The molecule has 16 heavy (non-hydrogen) atoms. The standard InChI is InChI=1S/C15H29N/c1-5-6-7-8-13(4)15(14-9-10-14)16-11-12(2)3/h8,12,14-16H,5-7,9-11H2,1-4H3/b13-8+. The van der Waals surface area contributed by atoms with Gasteiger partial charge in [-0.2, -0.15) is 0 Å². The third-order valence-corrected chi connectivity index (χ3v) is 3.35. The molecule has 0 aromatic heterocycles. The van der Waals surface area contributed by atoms with Crippen molar-refractivity contribution in [3.8, 4) is 0 Å². The molecule has 0 saturated heterocycles. The van der Waals surface area contributed by atoms with Gasteiger partial charge in [-0.25, -0.2) is 0 Å². The van der Waals surface area contributed by atoms with Crippen LogP contribution in [0.4, 0.5) is 0 Å². The Hall–Kier alpha value is -0.300. The minimum Gasteiger partial charge on any atom is -0.310 e. The Balaban J connectivity index is 2.38. The molecule has 0 aromatic rings. The zero-order valence-electron chi connectivity index (χ0n) is 11.6. The number of unbranched alkanes of at least 4 members (excludes halogenated alkanes) is 2. The fourth-order valence-corrected chi connectivity index (χ4v) is 2.15. The van der Waals surface area contributed by atoms with E-state index in [9.17, 15) is 0 Å². The van der Waals surface area contributed by atoms with Gasteiger partial charge in [0.25, 0.3) is 0 Å². The zero-order valence-corrected chi connectivity index (χ0v) is 11.6. The summed E-state index contributed by atoms with van der Waals surface area (Å²) in [5, 5.41) is 3.74. The van der Waals surface area contributed by atoms with E-state index in [1.807, 2.05) is 0 Å². The van der Waals surface area contributed by atoms with Crippen molar-refractivity contribution in [3.63, 3.8) is 0 Å². The molecule has 1 saturated carbocycles. The Morgan fingerprint density at radius 3 is 2.56 bits per heavy atom. The summed E-state index contributed by atoms with van der Waals surface area (Å²) in [6, 6.07) is 0.666. The highest BCUT2D eigenvalue weighted by molar-refractivity contribution is 5.12. The lowest BCUT2D eigenvalue weighted by atomic mass is 10.0. The third kappa shape index (κ3) is 5.16. The maximum Gasteiger partial charge on any atom is 0.0305 e. The van der Waals surface area contributed by atoms with Crippen LogP contribution in [0.3, 0.4) is 0 Å². The molecule has 0 radical (unpaired) electrons. The second-order valence-electron chi connectivity index (χ2n) is 5.71. The van der Waals surface area contributed by atoms with E-state index in [4.69, 9.17) is 0 Å². The molecule has 0 spiro atoms. The van der Waals surface area contributed by atoms with Gasteiger partial charge in [0.2, 0.25) is 0 Å². The lowest BCUT2D eigenvalue weighted by Crippen LogP contribution is -2.34. The van der Waals surface area contributed by atoms with E-state index in [1.165, 1.54) is 32.1 Å². The molecule has 0 aliphatic heterocycles. The molecular weight excluding hydrogens is 194 g/mol. The average molecular weight is 223 g/mol. The zero-order chi connectivity index (χ0) is 12.0. The molecule has 1 fully saturated rings. The SMILES string of the molecule is CCCC/C=C(\C)C(NCC(C)C)C1CC1. The summed E-state index contributed by atoms with van der Waals surface area (Å²) in [5.74, 6) is 1.68. The van der Waals surface area contributed by atoms with E-state index < -0.39 is 0 Å². The Labute approximate surface area is 102 Å². The minimum absolute atomic E-state index is 0.666. The molecule has 1 N–H and O–H groups in total. The van der Waals surface area contributed by atoms with Crippen LogP contribution in [0.25, 0.3) is 0 Å². The minimum atomic E-state index is 0.666. The molecule has 1 unspecified atom stereocenters. The normalized spacial score (nSPS) is 19.2. The first-order valence-electron chi connectivity index (χ1n) is 7.05. The van der Waals surface area contributed by atoms with Crippen LogP contribution in [0.2, 0.25) is 0 Å². The Morgan fingerprint density at radius 2 is 2.06 bits per heavy atom. The van der Waals surface area contributed by atoms with Gasteiger partial charge in [-0.05, 0) is 44.6 Å². The first kappa shape index (κ1) is 13.8. The molecule has 1 aliphatic carbocycles. The average Bonchev–Trinajstić information content (AvgIpc) is 3.02. The number of allylic oxidation sites excluding steroid dienone is 1. The fourth-order valence-electron chi connectivity index (χ4n) is 2.15. The number of rotatable bonds is 8. The molecule has 1 nitrogen and oxygen atoms in total. The first-order chi connectivity index (χ1) is 7.65. The molecule has 1 heteroatoms. The lowest BCUT2D eigenvalue weighted by molar-refractivity contribution is 0.464. The Morgan fingerprint density at radius 1 is 1.38 bits per heavy atom. The maximum atomic E-state index is 3.74. The Kier molecular flexibility index (Phi) is 6.12. The highest BCUT2D eigenvalue weighted by Crippen LogP contribution is 2.35. The van der Waals surface area contributed by atoms with Gasteiger partial charge in [-0.15, -0.1) is 0 Å². The third-order valence-electron chi connectivity index (χ3n) is 3.35. The molecule has 0 amide bonds. The summed E-state index contributed by atoms with van der Waals surface area (Å²) in [6.45, 7) is 10.3. The van der Waals surface area contributed by atoms with Crippen molar-refractivity contribution < 1.29 is 0 Å². The van der Waals surface area contributed by atoms with Crippen molar-refractivity contribution in [3.05, 3.63) is 11.6 Å². The first-order valence-corrected chi connectivity index (χ1v) is 7.05. The van der Waals surface area contributed by atoms with Gasteiger partial charge in [-0.1, -0.05) is 45.3 Å². The molecular formula is C15H29N. The lowest BCUT2D eigenvalue weighted by Gasteiger charge is -2.20. The summed E-state index contributed by atoms with van der Waals surface area (Å²) < 4.78 is 0. The van der Waals surface area contributed by atoms with Gasteiger partial charge in [0, 0.05) is 6.04 Å². The van der Waals surface area contributed by atoms with Crippen molar-refractivity contribution >= 4 is 0 Å². The highest BCUT2D eigenvalue weighted by atomic mass is 14.9. The largest absolute Gasteiger partial charge is 0.310 e. The molecule has 1 atom stereocenters. The molecule has 0 aromatic carbocycles. The van der Waals surface area contributed by atoms with Crippen molar-refractivity contribution in [2.75, 3.05) is 6.54 Å². The van der Waals surface area contributed by atoms with Gasteiger partial charge >= 0.3 is 0 Å². The van der Waals surface area contributed by atoms with Gasteiger partial charge in [-0.3, -0.25) is 0 Å².